The summed E-state index contributed by atoms with van der Waals surface area (Å²) < 4.78 is 5.39. The number of likely N-dealkylation sites (N-methyl/N-ethyl adjacent to an activating group) is 1. The van der Waals surface area contributed by atoms with E-state index in [0.717, 1.165) is 32.7 Å². The normalized spacial score (nSPS) is 21.3. The van der Waals surface area contributed by atoms with Crippen molar-refractivity contribution < 1.29 is 4.74 Å². The Morgan fingerprint density at radius 1 is 1.47 bits per heavy atom. The van der Waals surface area contributed by atoms with Gasteiger partial charge in [0.2, 0.25) is 0 Å². The van der Waals surface area contributed by atoms with Crippen molar-refractivity contribution in [2.24, 2.45) is 0 Å². The van der Waals surface area contributed by atoms with E-state index < -0.39 is 0 Å². The average Bonchev–Trinajstić information content (AvgIpc) is 2.27. The average molecular weight is 212 g/mol. The third-order valence-corrected chi connectivity index (χ3v) is 3.43. The number of hydrogen-bond donors (Lipinski definition) is 1. The van der Waals surface area contributed by atoms with Crippen LogP contribution in [-0.4, -0.2) is 49.8 Å². The third kappa shape index (κ3) is 3.03. The molecule has 0 aromatic heterocycles. The molecule has 1 aliphatic rings. The van der Waals surface area contributed by atoms with Crippen LogP contribution in [0.15, 0.2) is 12.7 Å². The molecule has 15 heavy (non-hydrogen) atoms. The van der Waals surface area contributed by atoms with Gasteiger partial charge < -0.3 is 10.1 Å². The number of ether oxygens (including phenoxy) is 1. The number of morpholine rings is 1. The molecule has 0 aromatic rings. The maximum absolute atomic E-state index is 5.39. The van der Waals surface area contributed by atoms with Crippen molar-refractivity contribution in [3.63, 3.8) is 0 Å². The van der Waals surface area contributed by atoms with E-state index in [1.807, 2.05) is 13.1 Å². The molecule has 0 aliphatic carbocycles. The molecule has 88 valence electrons. The minimum atomic E-state index is 0.159. The lowest BCUT2D eigenvalue weighted by Crippen LogP contribution is -2.59. The molecule has 3 heteroatoms. The van der Waals surface area contributed by atoms with E-state index in [9.17, 15) is 0 Å². The SMILES string of the molecule is C=CCC(NC)C(C)(C)N1CCOCC1. The van der Waals surface area contributed by atoms with Gasteiger partial charge in [-0.15, -0.1) is 6.58 Å². The van der Waals surface area contributed by atoms with E-state index in [4.69, 9.17) is 4.74 Å². The highest BCUT2D eigenvalue weighted by molar-refractivity contribution is 4.96. The fraction of sp³-hybridized carbons (Fsp3) is 0.833. The van der Waals surface area contributed by atoms with Crippen LogP contribution in [-0.2, 0) is 4.74 Å². The van der Waals surface area contributed by atoms with Crippen molar-refractivity contribution >= 4 is 0 Å². The highest BCUT2D eigenvalue weighted by atomic mass is 16.5. The predicted octanol–water partition coefficient (Wildman–Crippen LogP) is 1.26. The number of nitrogens with zero attached hydrogens (tertiary/aromatic N) is 1. The molecule has 1 N–H and O–H groups in total. The molecule has 1 aliphatic heterocycles. The molecule has 3 nitrogen and oxygen atoms in total. The van der Waals surface area contributed by atoms with Gasteiger partial charge in [0.05, 0.1) is 13.2 Å². The van der Waals surface area contributed by atoms with Gasteiger partial charge in [0.1, 0.15) is 0 Å². The van der Waals surface area contributed by atoms with Crippen LogP contribution in [0.2, 0.25) is 0 Å². The summed E-state index contributed by atoms with van der Waals surface area (Å²) in [6, 6.07) is 0.452. The van der Waals surface area contributed by atoms with E-state index in [0.29, 0.717) is 6.04 Å². The molecule has 0 saturated carbocycles. The smallest absolute Gasteiger partial charge is 0.0594 e. The van der Waals surface area contributed by atoms with Crippen molar-refractivity contribution in [3.05, 3.63) is 12.7 Å². The zero-order chi connectivity index (χ0) is 11.3. The molecular formula is C12H24N2O. The van der Waals surface area contributed by atoms with Gasteiger partial charge in [0.15, 0.2) is 0 Å². The molecule has 0 aromatic carbocycles. The van der Waals surface area contributed by atoms with E-state index in [1.165, 1.54) is 0 Å². The summed E-state index contributed by atoms with van der Waals surface area (Å²) >= 11 is 0. The summed E-state index contributed by atoms with van der Waals surface area (Å²) in [5, 5.41) is 3.39. The van der Waals surface area contributed by atoms with Crippen LogP contribution in [0.4, 0.5) is 0 Å². The second-order valence-corrected chi connectivity index (χ2v) is 4.62. The van der Waals surface area contributed by atoms with Crippen molar-refractivity contribution in [1.82, 2.24) is 10.2 Å². The van der Waals surface area contributed by atoms with Gasteiger partial charge in [-0.05, 0) is 27.3 Å². The van der Waals surface area contributed by atoms with Gasteiger partial charge in [-0.1, -0.05) is 6.08 Å². The predicted molar refractivity (Wildman–Crippen MR) is 64.1 cm³/mol. The zero-order valence-electron chi connectivity index (χ0n) is 10.3. The quantitative estimate of drug-likeness (QED) is 0.694. The van der Waals surface area contributed by atoms with Crippen LogP contribution < -0.4 is 5.32 Å². The Morgan fingerprint density at radius 3 is 2.53 bits per heavy atom. The van der Waals surface area contributed by atoms with Gasteiger partial charge in [-0.3, -0.25) is 4.90 Å². The van der Waals surface area contributed by atoms with Crippen molar-refractivity contribution in [1.29, 1.82) is 0 Å². The van der Waals surface area contributed by atoms with Crippen molar-refractivity contribution in [2.75, 3.05) is 33.4 Å². The molecule has 1 atom stereocenters. The molecule has 1 unspecified atom stereocenters. The molecule has 0 spiro atoms. The summed E-state index contributed by atoms with van der Waals surface area (Å²) in [7, 11) is 2.02. The molecule has 0 bridgehead atoms. The molecule has 1 rings (SSSR count). The molecule has 1 saturated heterocycles. The maximum atomic E-state index is 5.39. The second kappa shape index (κ2) is 5.64. The number of hydrogen-bond acceptors (Lipinski definition) is 3. The largest absolute Gasteiger partial charge is 0.379 e. The monoisotopic (exact) mass is 212 g/mol. The minimum Gasteiger partial charge on any atom is -0.379 e. The molecule has 1 heterocycles. The lowest BCUT2D eigenvalue weighted by molar-refractivity contribution is -0.0220. The van der Waals surface area contributed by atoms with Crippen LogP contribution in [0, 0.1) is 0 Å². The van der Waals surface area contributed by atoms with Crippen LogP contribution >= 0.6 is 0 Å². The Morgan fingerprint density at radius 2 is 2.07 bits per heavy atom. The number of nitrogens with one attached hydrogen (secondary N) is 1. The fourth-order valence-corrected chi connectivity index (χ4v) is 2.29. The summed E-state index contributed by atoms with van der Waals surface area (Å²) in [5.74, 6) is 0. The van der Waals surface area contributed by atoms with Gasteiger partial charge in [-0.2, -0.15) is 0 Å². The Balaban J connectivity index is 2.63. The number of rotatable bonds is 5. The highest BCUT2D eigenvalue weighted by Crippen LogP contribution is 2.22. The Kier molecular flexibility index (Phi) is 4.77. The molecular weight excluding hydrogens is 188 g/mol. The summed E-state index contributed by atoms with van der Waals surface area (Å²) in [4.78, 5) is 2.50. The van der Waals surface area contributed by atoms with Crippen LogP contribution in [0.1, 0.15) is 20.3 Å². The van der Waals surface area contributed by atoms with E-state index in [-0.39, 0.29) is 5.54 Å². The standard InChI is InChI=1S/C12H24N2O/c1-5-6-11(13-4)12(2,3)14-7-9-15-10-8-14/h5,11,13H,1,6-10H2,2-4H3. The first kappa shape index (κ1) is 12.7. The topological polar surface area (TPSA) is 24.5 Å². The van der Waals surface area contributed by atoms with Gasteiger partial charge in [0.25, 0.3) is 0 Å². The maximum Gasteiger partial charge on any atom is 0.0594 e. The van der Waals surface area contributed by atoms with Crippen LogP contribution in [0.3, 0.4) is 0 Å². The first-order chi connectivity index (χ1) is 7.12. The Bertz CT molecular complexity index is 198. The first-order valence-electron chi connectivity index (χ1n) is 5.74. The summed E-state index contributed by atoms with van der Waals surface area (Å²) in [6.45, 7) is 12.2. The third-order valence-electron chi connectivity index (χ3n) is 3.43. The van der Waals surface area contributed by atoms with Crippen molar-refractivity contribution in [2.45, 2.75) is 31.8 Å². The summed E-state index contributed by atoms with van der Waals surface area (Å²) in [6.07, 6.45) is 2.99. The van der Waals surface area contributed by atoms with Gasteiger partial charge in [-0.25, -0.2) is 0 Å². The van der Waals surface area contributed by atoms with Gasteiger partial charge >= 0.3 is 0 Å². The van der Waals surface area contributed by atoms with E-state index in [2.05, 4.69) is 30.6 Å². The van der Waals surface area contributed by atoms with E-state index >= 15 is 0 Å². The lowest BCUT2D eigenvalue weighted by atomic mass is 9.89. The first-order valence-corrected chi connectivity index (χ1v) is 5.74. The Hall–Kier alpha value is -0.380. The van der Waals surface area contributed by atoms with Crippen molar-refractivity contribution in [3.8, 4) is 0 Å². The highest BCUT2D eigenvalue weighted by Gasteiger charge is 2.34. The van der Waals surface area contributed by atoms with Crippen LogP contribution in [0.25, 0.3) is 0 Å². The van der Waals surface area contributed by atoms with Crippen LogP contribution in [0.5, 0.6) is 0 Å². The molecule has 0 amide bonds. The lowest BCUT2D eigenvalue weighted by Gasteiger charge is -2.45. The second-order valence-electron chi connectivity index (χ2n) is 4.62. The van der Waals surface area contributed by atoms with E-state index in [1.54, 1.807) is 0 Å². The zero-order valence-corrected chi connectivity index (χ0v) is 10.3. The summed E-state index contributed by atoms with van der Waals surface area (Å²) in [5.41, 5.74) is 0.159. The van der Waals surface area contributed by atoms with Gasteiger partial charge in [0, 0.05) is 24.7 Å². The minimum absolute atomic E-state index is 0.159. The Labute approximate surface area is 93.5 Å². The fourth-order valence-electron chi connectivity index (χ4n) is 2.29. The molecule has 0 radical (unpaired) electrons. The molecule has 1 fully saturated rings.